The second-order valence-corrected chi connectivity index (χ2v) is 9.53. The summed E-state index contributed by atoms with van der Waals surface area (Å²) < 4.78 is 20.2. The van der Waals surface area contributed by atoms with Gasteiger partial charge in [-0.25, -0.2) is 4.98 Å². The summed E-state index contributed by atoms with van der Waals surface area (Å²) in [6.45, 7) is 8.55. The molecule has 5 rings (SSSR count). The summed E-state index contributed by atoms with van der Waals surface area (Å²) >= 11 is 0. The van der Waals surface area contributed by atoms with Gasteiger partial charge < -0.3 is 14.0 Å². The highest BCUT2D eigenvalue weighted by molar-refractivity contribution is 6.63. The van der Waals surface area contributed by atoms with Crippen molar-refractivity contribution in [2.75, 3.05) is 0 Å². The van der Waals surface area contributed by atoms with Crippen LogP contribution in [0.2, 0.25) is 0 Å². The molecule has 2 aromatic heterocycles. The standard InChI is InChI=1S/C26H28BN3O3/c1-25(2)26(3,4)33-27(32-25)21-16-30(5)29-24(21)31-17-18-10-12-20(13-11-18)23-15-14-19-8-6-7-9-22(19)28-23/h6-16H,17H2,1-5H3. The fraction of sp³-hybridized carbons (Fsp3) is 0.308. The monoisotopic (exact) mass is 441 g/mol. The third-order valence-electron chi connectivity index (χ3n) is 6.55. The van der Waals surface area contributed by atoms with Crippen molar-refractivity contribution in [2.45, 2.75) is 45.5 Å². The molecule has 6 nitrogen and oxygen atoms in total. The van der Waals surface area contributed by atoms with Crippen LogP contribution in [0.4, 0.5) is 0 Å². The highest BCUT2D eigenvalue weighted by Crippen LogP contribution is 2.37. The molecule has 0 spiro atoms. The zero-order valence-corrected chi connectivity index (χ0v) is 19.7. The molecule has 168 valence electrons. The first-order chi connectivity index (χ1) is 15.7. The summed E-state index contributed by atoms with van der Waals surface area (Å²) in [4.78, 5) is 4.78. The molecule has 0 atom stereocenters. The molecule has 33 heavy (non-hydrogen) atoms. The Labute approximate surface area is 194 Å². The van der Waals surface area contributed by atoms with Gasteiger partial charge in [0.15, 0.2) is 0 Å². The lowest BCUT2D eigenvalue weighted by Gasteiger charge is -2.32. The first-order valence-electron chi connectivity index (χ1n) is 11.2. The van der Waals surface area contributed by atoms with Crippen molar-refractivity contribution in [1.82, 2.24) is 14.8 Å². The number of benzene rings is 2. The van der Waals surface area contributed by atoms with Crippen LogP contribution >= 0.6 is 0 Å². The maximum atomic E-state index is 6.19. The van der Waals surface area contributed by atoms with Crippen LogP contribution in [0.3, 0.4) is 0 Å². The molecular weight excluding hydrogens is 413 g/mol. The van der Waals surface area contributed by atoms with Gasteiger partial charge in [-0.3, -0.25) is 4.68 Å². The molecular formula is C26H28BN3O3. The van der Waals surface area contributed by atoms with E-state index in [4.69, 9.17) is 19.0 Å². The number of fused-ring (bicyclic) bond motifs is 1. The minimum absolute atomic E-state index is 0.398. The van der Waals surface area contributed by atoms with E-state index in [0.717, 1.165) is 33.2 Å². The Kier molecular flexibility index (Phi) is 5.26. The van der Waals surface area contributed by atoms with Crippen LogP contribution in [-0.2, 0) is 23.0 Å². The Bertz CT molecular complexity index is 1280. The van der Waals surface area contributed by atoms with Crippen molar-refractivity contribution in [1.29, 1.82) is 0 Å². The average molecular weight is 441 g/mol. The van der Waals surface area contributed by atoms with E-state index in [1.165, 1.54) is 0 Å². The van der Waals surface area contributed by atoms with Crippen LogP contribution in [0.1, 0.15) is 33.3 Å². The third-order valence-corrected chi connectivity index (χ3v) is 6.55. The number of ether oxygens (including phenoxy) is 1. The minimum atomic E-state index is -0.514. The summed E-state index contributed by atoms with van der Waals surface area (Å²) in [6, 6.07) is 20.6. The third kappa shape index (κ3) is 4.14. The van der Waals surface area contributed by atoms with Crippen LogP contribution in [-0.4, -0.2) is 33.1 Å². The quantitative estimate of drug-likeness (QED) is 0.427. The van der Waals surface area contributed by atoms with Crippen molar-refractivity contribution in [3.05, 3.63) is 72.4 Å². The highest BCUT2D eigenvalue weighted by Gasteiger charge is 2.53. The number of hydrogen-bond acceptors (Lipinski definition) is 5. The molecule has 1 fully saturated rings. The number of para-hydroxylation sites is 1. The Morgan fingerprint density at radius 1 is 0.909 bits per heavy atom. The van der Waals surface area contributed by atoms with E-state index in [-0.39, 0.29) is 0 Å². The molecule has 1 aliphatic rings. The second kappa shape index (κ2) is 8.01. The number of hydrogen-bond donors (Lipinski definition) is 0. The van der Waals surface area contributed by atoms with E-state index in [9.17, 15) is 0 Å². The Morgan fingerprint density at radius 2 is 1.61 bits per heavy atom. The molecule has 0 saturated carbocycles. The number of nitrogens with zero attached hydrogens (tertiary/aromatic N) is 3. The van der Waals surface area contributed by atoms with Gasteiger partial charge in [-0.05, 0) is 45.4 Å². The van der Waals surface area contributed by atoms with Gasteiger partial charge in [0, 0.05) is 24.2 Å². The summed E-state index contributed by atoms with van der Waals surface area (Å²) in [5.41, 5.74) is 4.02. The van der Waals surface area contributed by atoms with Gasteiger partial charge in [0.2, 0.25) is 5.88 Å². The zero-order chi connectivity index (χ0) is 23.2. The van der Waals surface area contributed by atoms with Crippen molar-refractivity contribution in [3.63, 3.8) is 0 Å². The average Bonchev–Trinajstić information content (AvgIpc) is 3.27. The summed E-state index contributed by atoms with van der Waals surface area (Å²) in [6.07, 6.45) is 1.89. The summed E-state index contributed by atoms with van der Waals surface area (Å²) in [5, 5.41) is 5.62. The number of aryl methyl sites for hydroxylation is 1. The van der Waals surface area contributed by atoms with E-state index in [0.29, 0.717) is 12.5 Å². The van der Waals surface area contributed by atoms with Gasteiger partial charge in [0.1, 0.15) is 6.61 Å². The molecule has 2 aromatic carbocycles. The van der Waals surface area contributed by atoms with Crippen LogP contribution in [0.15, 0.2) is 66.9 Å². The van der Waals surface area contributed by atoms with E-state index in [1.54, 1.807) is 4.68 Å². The van der Waals surface area contributed by atoms with Crippen LogP contribution in [0.5, 0.6) is 5.88 Å². The fourth-order valence-corrected chi connectivity index (χ4v) is 3.88. The lowest BCUT2D eigenvalue weighted by atomic mass is 9.81. The molecule has 0 bridgehead atoms. The number of pyridine rings is 1. The lowest BCUT2D eigenvalue weighted by molar-refractivity contribution is 0.00578. The zero-order valence-electron chi connectivity index (χ0n) is 19.7. The van der Waals surface area contributed by atoms with Crippen molar-refractivity contribution in [3.8, 4) is 17.1 Å². The SMILES string of the molecule is Cn1cc(B2OC(C)(C)C(C)(C)O2)c(OCc2ccc(-c3ccc4ccccc4n3)cc2)n1. The Morgan fingerprint density at radius 3 is 2.33 bits per heavy atom. The number of aromatic nitrogens is 3. The first-order valence-corrected chi connectivity index (χ1v) is 11.2. The minimum Gasteiger partial charge on any atom is -0.472 e. The topological polar surface area (TPSA) is 58.4 Å². The van der Waals surface area contributed by atoms with Crippen molar-refractivity contribution >= 4 is 23.5 Å². The summed E-state index contributed by atoms with van der Waals surface area (Å²) in [5.74, 6) is 0.524. The van der Waals surface area contributed by atoms with E-state index in [2.05, 4.69) is 47.6 Å². The van der Waals surface area contributed by atoms with Crippen LogP contribution in [0, 0.1) is 0 Å². The van der Waals surface area contributed by atoms with E-state index in [1.807, 2.05) is 59.1 Å². The van der Waals surface area contributed by atoms with Gasteiger partial charge in [0.25, 0.3) is 0 Å². The lowest BCUT2D eigenvalue weighted by Crippen LogP contribution is -2.41. The van der Waals surface area contributed by atoms with Crippen molar-refractivity contribution < 1.29 is 14.0 Å². The first kappa shape index (κ1) is 21.7. The molecule has 0 radical (unpaired) electrons. The Balaban J connectivity index is 1.30. The highest BCUT2D eigenvalue weighted by atomic mass is 16.7. The molecule has 0 unspecified atom stereocenters. The molecule has 3 heterocycles. The predicted octanol–water partition coefficient (Wildman–Crippen LogP) is 4.51. The normalized spacial score (nSPS) is 16.9. The smallest absolute Gasteiger partial charge is 0.472 e. The molecule has 1 saturated heterocycles. The predicted molar refractivity (Wildman–Crippen MR) is 130 cm³/mol. The maximum Gasteiger partial charge on any atom is 0.502 e. The van der Waals surface area contributed by atoms with Crippen LogP contribution in [0.25, 0.3) is 22.2 Å². The van der Waals surface area contributed by atoms with Gasteiger partial charge >= 0.3 is 7.12 Å². The van der Waals surface area contributed by atoms with E-state index < -0.39 is 18.3 Å². The van der Waals surface area contributed by atoms with Gasteiger partial charge in [-0.2, -0.15) is 0 Å². The Hall–Kier alpha value is -3.16. The summed E-state index contributed by atoms with van der Waals surface area (Å²) in [7, 11) is 1.35. The largest absolute Gasteiger partial charge is 0.502 e. The van der Waals surface area contributed by atoms with Gasteiger partial charge in [-0.15, -0.1) is 5.10 Å². The van der Waals surface area contributed by atoms with Gasteiger partial charge in [-0.1, -0.05) is 48.5 Å². The molecule has 7 heteroatoms. The molecule has 4 aromatic rings. The van der Waals surface area contributed by atoms with Gasteiger partial charge in [0.05, 0.1) is 27.9 Å². The van der Waals surface area contributed by atoms with Crippen molar-refractivity contribution in [2.24, 2.45) is 7.05 Å². The molecule has 0 N–H and O–H groups in total. The maximum absolute atomic E-state index is 6.19. The van der Waals surface area contributed by atoms with E-state index >= 15 is 0 Å². The molecule has 0 aliphatic carbocycles. The molecule has 0 amide bonds. The fourth-order valence-electron chi connectivity index (χ4n) is 3.88. The molecule has 1 aliphatic heterocycles. The second-order valence-electron chi connectivity index (χ2n) is 9.53. The number of rotatable bonds is 5. The van der Waals surface area contributed by atoms with Crippen LogP contribution < -0.4 is 10.2 Å².